The lowest BCUT2D eigenvalue weighted by atomic mass is 10.1. The molecule has 1 saturated heterocycles. The van der Waals surface area contributed by atoms with Crippen molar-refractivity contribution in [3.05, 3.63) is 71.4 Å². The first-order valence-electron chi connectivity index (χ1n) is 11.4. The van der Waals surface area contributed by atoms with Crippen LogP contribution in [0.2, 0.25) is 0 Å². The van der Waals surface area contributed by atoms with E-state index in [2.05, 4.69) is 40.3 Å². The van der Waals surface area contributed by atoms with Crippen molar-refractivity contribution in [1.82, 2.24) is 14.9 Å². The fraction of sp³-hybridized carbons (Fsp3) is 0.346. The van der Waals surface area contributed by atoms with Gasteiger partial charge in [0, 0.05) is 50.0 Å². The summed E-state index contributed by atoms with van der Waals surface area (Å²) in [7, 11) is 1.65. The van der Waals surface area contributed by atoms with Gasteiger partial charge in [0.1, 0.15) is 11.6 Å². The monoisotopic (exact) mass is 445 g/mol. The van der Waals surface area contributed by atoms with Gasteiger partial charge in [0.15, 0.2) is 0 Å². The van der Waals surface area contributed by atoms with Gasteiger partial charge < -0.3 is 19.9 Å². The zero-order valence-electron chi connectivity index (χ0n) is 19.5. The molecule has 2 aromatic carbocycles. The van der Waals surface area contributed by atoms with Crippen molar-refractivity contribution < 1.29 is 9.53 Å². The molecular weight excluding hydrogens is 414 g/mol. The van der Waals surface area contributed by atoms with E-state index in [-0.39, 0.29) is 5.91 Å². The average Bonchev–Trinajstić information content (AvgIpc) is 2.83. The van der Waals surface area contributed by atoms with Crippen LogP contribution in [-0.4, -0.2) is 54.1 Å². The molecule has 3 aromatic rings. The average molecular weight is 446 g/mol. The summed E-state index contributed by atoms with van der Waals surface area (Å²) < 4.78 is 5.22. The van der Waals surface area contributed by atoms with E-state index in [0.29, 0.717) is 25.5 Å². The minimum Gasteiger partial charge on any atom is -0.497 e. The van der Waals surface area contributed by atoms with E-state index >= 15 is 0 Å². The molecule has 33 heavy (non-hydrogen) atoms. The van der Waals surface area contributed by atoms with Crippen LogP contribution >= 0.6 is 0 Å². The molecule has 1 aliphatic rings. The van der Waals surface area contributed by atoms with E-state index in [1.165, 1.54) is 11.1 Å². The van der Waals surface area contributed by atoms with Crippen molar-refractivity contribution in [2.24, 2.45) is 0 Å². The van der Waals surface area contributed by atoms with Crippen LogP contribution in [0.1, 0.15) is 23.2 Å². The van der Waals surface area contributed by atoms with E-state index in [9.17, 15) is 4.79 Å². The summed E-state index contributed by atoms with van der Waals surface area (Å²) in [6.07, 6.45) is 1.32. The molecule has 172 valence electrons. The predicted octanol–water partition coefficient (Wildman–Crippen LogP) is 4.13. The highest BCUT2D eigenvalue weighted by Gasteiger charge is 2.23. The Morgan fingerprint density at radius 1 is 1.00 bits per heavy atom. The Kier molecular flexibility index (Phi) is 7.07. The molecule has 0 atom stereocenters. The van der Waals surface area contributed by atoms with Gasteiger partial charge in [0.2, 0.25) is 11.9 Å². The maximum atomic E-state index is 12.7. The van der Waals surface area contributed by atoms with Crippen LogP contribution in [0.25, 0.3) is 0 Å². The molecule has 0 spiro atoms. The number of hydrogen-bond donors (Lipinski definition) is 1. The highest BCUT2D eigenvalue weighted by atomic mass is 16.5. The van der Waals surface area contributed by atoms with Gasteiger partial charge in [0.05, 0.1) is 7.11 Å². The molecule has 0 saturated carbocycles. The van der Waals surface area contributed by atoms with E-state index < -0.39 is 0 Å². The van der Waals surface area contributed by atoms with Gasteiger partial charge in [-0.25, -0.2) is 4.98 Å². The summed E-state index contributed by atoms with van der Waals surface area (Å²) in [5.41, 5.74) is 4.27. The summed E-state index contributed by atoms with van der Waals surface area (Å²) in [5, 5.41) is 3.34. The Morgan fingerprint density at radius 2 is 1.76 bits per heavy atom. The van der Waals surface area contributed by atoms with Crippen molar-refractivity contribution in [1.29, 1.82) is 0 Å². The largest absolute Gasteiger partial charge is 0.497 e. The topological polar surface area (TPSA) is 70.6 Å². The zero-order chi connectivity index (χ0) is 23.2. The maximum absolute atomic E-state index is 12.7. The molecule has 1 aromatic heterocycles. The number of hydrogen-bond acceptors (Lipinski definition) is 6. The van der Waals surface area contributed by atoms with Gasteiger partial charge >= 0.3 is 0 Å². The molecule has 0 aliphatic carbocycles. The van der Waals surface area contributed by atoms with Crippen LogP contribution in [-0.2, 0) is 11.2 Å². The van der Waals surface area contributed by atoms with Crippen LogP contribution in [0, 0.1) is 13.8 Å². The molecule has 1 N–H and O–H groups in total. The summed E-state index contributed by atoms with van der Waals surface area (Å²) in [6, 6.07) is 18.0. The Labute approximate surface area is 195 Å². The summed E-state index contributed by atoms with van der Waals surface area (Å²) in [6.45, 7) is 6.87. The number of anilines is 3. The number of aryl methyl sites for hydroxylation is 3. The molecule has 1 fully saturated rings. The Balaban J connectivity index is 1.33. The molecule has 1 aliphatic heterocycles. The van der Waals surface area contributed by atoms with E-state index in [4.69, 9.17) is 9.72 Å². The first-order valence-corrected chi connectivity index (χ1v) is 11.4. The van der Waals surface area contributed by atoms with Crippen LogP contribution in [0.15, 0.2) is 54.6 Å². The van der Waals surface area contributed by atoms with Crippen LogP contribution < -0.4 is 15.0 Å². The van der Waals surface area contributed by atoms with Gasteiger partial charge in [-0.2, -0.15) is 4.98 Å². The molecular formula is C26H31N5O2. The molecule has 0 bridgehead atoms. The van der Waals surface area contributed by atoms with Gasteiger partial charge in [-0.05, 0) is 50.1 Å². The Bertz CT molecular complexity index is 1090. The molecule has 4 rings (SSSR count). The van der Waals surface area contributed by atoms with Crippen LogP contribution in [0.5, 0.6) is 5.75 Å². The van der Waals surface area contributed by atoms with Crippen molar-refractivity contribution in [2.45, 2.75) is 26.7 Å². The lowest BCUT2D eigenvalue weighted by molar-refractivity contribution is -0.131. The summed E-state index contributed by atoms with van der Waals surface area (Å²) >= 11 is 0. The highest BCUT2D eigenvalue weighted by Crippen LogP contribution is 2.22. The number of ether oxygens (including phenoxy) is 1. The number of methoxy groups -OCH3 is 1. The minimum absolute atomic E-state index is 0.211. The SMILES string of the molecule is COc1ccc(Nc2cc(C)nc(N3CCN(C(=O)CCc4cccc(C)c4)CC3)n2)cc1. The third-order valence-electron chi connectivity index (χ3n) is 5.83. The maximum Gasteiger partial charge on any atom is 0.227 e. The van der Waals surface area contributed by atoms with Crippen molar-refractivity contribution in [2.75, 3.05) is 43.5 Å². The number of aromatic nitrogens is 2. The molecule has 0 unspecified atom stereocenters. The van der Waals surface area contributed by atoms with Gasteiger partial charge in [-0.1, -0.05) is 29.8 Å². The second kappa shape index (κ2) is 10.3. The number of carbonyl (C=O) groups excluding carboxylic acids is 1. The Hall–Kier alpha value is -3.61. The number of nitrogens with one attached hydrogen (secondary N) is 1. The third kappa shape index (κ3) is 6.00. The minimum atomic E-state index is 0.211. The molecule has 7 heteroatoms. The standard InChI is InChI=1S/C26H31N5O2/c1-19-5-4-6-21(17-19)7-12-25(32)30-13-15-31(16-14-30)26-27-20(2)18-24(29-26)28-22-8-10-23(33-3)11-9-22/h4-6,8-11,17-18H,7,12-16H2,1-3H3,(H,27,28,29). The van der Waals surface area contributed by atoms with E-state index in [0.717, 1.165) is 42.5 Å². The lowest BCUT2D eigenvalue weighted by Gasteiger charge is -2.35. The molecule has 0 radical (unpaired) electrons. The quantitative estimate of drug-likeness (QED) is 0.590. The smallest absolute Gasteiger partial charge is 0.227 e. The predicted molar refractivity (Wildman–Crippen MR) is 131 cm³/mol. The molecule has 1 amide bonds. The van der Waals surface area contributed by atoms with Gasteiger partial charge in [-0.15, -0.1) is 0 Å². The molecule has 7 nitrogen and oxygen atoms in total. The van der Waals surface area contributed by atoms with Crippen molar-refractivity contribution in [3.63, 3.8) is 0 Å². The second-order valence-electron chi connectivity index (χ2n) is 8.40. The van der Waals surface area contributed by atoms with E-state index in [1.54, 1.807) is 7.11 Å². The van der Waals surface area contributed by atoms with Crippen molar-refractivity contribution >= 4 is 23.4 Å². The number of piperazine rings is 1. The number of nitrogens with zero attached hydrogens (tertiary/aromatic N) is 4. The fourth-order valence-electron chi connectivity index (χ4n) is 4.01. The summed E-state index contributed by atoms with van der Waals surface area (Å²) in [4.78, 5) is 26.2. The number of benzene rings is 2. The van der Waals surface area contributed by atoms with Crippen LogP contribution in [0.4, 0.5) is 17.5 Å². The van der Waals surface area contributed by atoms with E-state index in [1.807, 2.05) is 48.2 Å². The number of rotatable bonds is 7. The lowest BCUT2D eigenvalue weighted by Crippen LogP contribution is -2.49. The first-order chi connectivity index (χ1) is 16.0. The second-order valence-corrected chi connectivity index (χ2v) is 8.40. The van der Waals surface area contributed by atoms with Crippen LogP contribution in [0.3, 0.4) is 0 Å². The van der Waals surface area contributed by atoms with Gasteiger partial charge in [0.25, 0.3) is 0 Å². The van der Waals surface area contributed by atoms with Gasteiger partial charge in [-0.3, -0.25) is 4.79 Å². The third-order valence-corrected chi connectivity index (χ3v) is 5.83. The number of carbonyl (C=O) groups is 1. The fourth-order valence-corrected chi connectivity index (χ4v) is 4.01. The highest BCUT2D eigenvalue weighted by molar-refractivity contribution is 5.76. The molecule has 2 heterocycles. The summed E-state index contributed by atoms with van der Waals surface area (Å²) in [5.74, 6) is 2.46. The van der Waals surface area contributed by atoms with Crippen molar-refractivity contribution in [3.8, 4) is 5.75 Å². The first kappa shape index (κ1) is 22.6. The normalized spacial score (nSPS) is 13.7. The zero-order valence-corrected chi connectivity index (χ0v) is 19.5. The Morgan fingerprint density at radius 3 is 2.45 bits per heavy atom. The number of amides is 1.